The van der Waals surface area contributed by atoms with Crippen molar-refractivity contribution in [2.45, 2.75) is 11.8 Å². The molecule has 8 nitrogen and oxygen atoms in total. The Labute approximate surface area is 163 Å². The van der Waals surface area contributed by atoms with Gasteiger partial charge in [-0.25, -0.2) is 13.2 Å². The first-order valence-electron chi connectivity index (χ1n) is 8.35. The highest BCUT2D eigenvalue weighted by atomic mass is 32.2. The monoisotopic (exact) mass is 407 g/mol. The fourth-order valence-electron chi connectivity index (χ4n) is 2.46. The van der Waals surface area contributed by atoms with Gasteiger partial charge >= 0.3 is 11.9 Å². The van der Waals surface area contributed by atoms with Crippen LogP contribution in [0.2, 0.25) is 0 Å². The van der Waals surface area contributed by atoms with Gasteiger partial charge in [-0.1, -0.05) is 12.1 Å². The highest BCUT2D eigenvalue weighted by Gasteiger charge is 2.30. The van der Waals surface area contributed by atoms with Crippen molar-refractivity contribution in [3.63, 3.8) is 0 Å². The van der Waals surface area contributed by atoms with Crippen molar-refractivity contribution in [3.05, 3.63) is 54.1 Å². The average Bonchev–Trinajstić information content (AvgIpc) is 2.71. The van der Waals surface area contributed by atoms with Crippen LogP contribution < -0.4 is 9.04 Å². The predicted molar refractivity (Wildman–Crippen MR) is 102 cm³/mol. The predicted octanol–water partition coefficient (Wildman–Crippen LogP) is 2.24. The van der Waals surface area contributed by atoms with Crippen LogP contribution in [-0.4, -0.2) is 47.7 Å². The second-order valence-corrected chi connectivity index (χ2v) is 7.36. The van der Waals surface area contributed by atoms with E-state index in [0.717, 1.165) is 11.4 Å². The molecule has 0 aromatic heterocycles. The zero-order valence-electron chi connectivity index (χ0n) is 15.7. The summed E-state index contributed by atoms with van der Waals surface area (Å²) >= 11 is 0. The number of rotatable bonds is 8. The minimum Gasteiger partial charge on any atom is -0.494 e. The number of hydrogen-bond donors (Lipinski definition) is 0. The Morgan fingerprint density at radius 1 is 0.964 bits per heavy atom. The van der Waals surface area contributed by atoms with Crippen molar-refractivity contribution in [1.29, 1.82) is 0 Å². The lowest BCUT2D eigenvalue weighted by Crippen LogP contribution is -2.37. The molecule has 28 heavy (non-hydrogen) atoms. The van der Waals surface area contributed by atoms with Gasteiger partial charge in [0.05, 0.1) is 37.0 Å². The number of hydrogen-bond acceptors (Lipinski definition) is 7. The first kappa shape index (κ1) is 21.2. The van der Waals surface area contributed by atoms with Crippen LogP contribution in [0.15, 0.2) is 53.4 Å². The molecule has 0 heterocycles. The van der Waals surface area contributed by atoms with E-state index in [1.54, 1.807) is 12.1 Å². The van der Waals surface area contributed by atoms with Crippen LogP contribution in [0.25, 0.3) is 0 Å². The van der Waals surface area contributed by atoms with Crippen LogP contribution >= 0.6 is 0 Å². The number of anilines is 1. The number of carbonyl (C=O) groups excluding carboxylic acids is 2. The zero-order valence-corrected chi connectivity index (χ0v) is 16.6. The molecule has 9 heteroatoms. The van der Waals surface area contributed by atoms with E-state index in [-0.39, 0.29) is 16.1 Å². The molecule has 0 bridgehead atoms. The van der Waals surface area contributed by atoms with E-state index in [2.05, 4.69) is 4.74 Å². The van der Waals surface area contributed by atoms with E-state index in [0.29, 0.717) is 12.4 Å². The van der Waals surface area contributed by atoms with Gasteiger partial charge in [-0.15, -0.1) is 0 Å². The maximum atomic E-state index is 13.2. The quantitative estimate of drug-likeness (QED) is 0.619. The van der Waals surface area contributed by atoms with Gasteiger partial charge in [0.2, 0.25) is 0 Å². The first-order chi connectivity index (χ1) is 13.3. The summed E-state index contributed by atoms with van der Waals surface area (Å²) in [5, 5.41) is 0. The third-order valence-electron chi connectivity index (χ3n) is 3.80. The highest BCUT2D eigenvalue weighted by molar-refractivity contribution is 7.92. The van der Waals surface area contributed by atoms with Gasteiger partial charge in [0.25, 0.3) is 10.0 Å². The van der Waals surface area contributed by atoms with Gasteiger partial charge in [-0.2, -0.15) is 0 Å². The Bertz CT molecular complexity index is 939. The van der Waals surface area contributed by atoms with Crippen molar-refractivity contribution in [2.24, 2.45) is 0 Å². The average molecular weight is 407 g/mol. The maximum Gasteiger partial charge on any atom is 0.340 e. The molecule has 0 radical (unpaired) electrons. The van der Waals surface area contributed by atoms with Gasteiger partial charge in [-0.05, 0) is 43.3 Å². The Morgan fingerprint density at radius 3 is 2.18 bits per heavy atom. The molecule has 0 N–H and O–H groups in total. The summed E-state index contributed by atoms with van der Waals surface area (Å²) in [5.41, 5.74) is 0.0112. The Kier molecular flexibility index (Phi) is 7.00. The number of benzene rings is 2. The largest absolute Gasteiger partial charge is 0.494 e. The van der Waals surface area contributed by atoms with Gasteiger partial charge in [-0.3, -0.25) is 9.10 Å². The smallest absolute Gasteiger partial charge is 0.340 e. The van der Waals surface area contributed by atoms with Crippen LogP contribution in [0.4, 0.5) is 5.69 Å². The molecule has 150 valence electrons. The lowest BCUT2D eigenvalue weighted by Gasteiger charge is -2.25. The molecule has 0 amide bonds. The third kappa shape index (κ3) is 4.61. The Hall–Kier alpha value is -3.07. The normalized spacial score (nSPS) is 10.8. The lowest BCUT2D eigenvalue weighted by atomic mass is 10.2. The second-order valence-electron chi connectivity index (χ2n) is 5.50. The van der Waals surface area contributed by atoms with E-state index < -0.39 is 28.5 Å². The summed E-state index contributed by atoms with van der Waals surface area (Å²) in [6.45, 7) is 1.64. The topological polar surface area (TPSA) is 99.2 Å². The van der Waals surface area contributed by atoms with Crippen LogP contribution in [-0.2, 0) is 24.3 Å². The fourth-order valence-corrected chi connectivity index (χ4v) is 3.88. The van der Waals surface area contributed by atoms with Crippen LogP contribution in [0, 0.1) is 0 Å². The number of ether oxygens (including phenoxy) is 3. The second kappa shape index (κ2) is 9.23. The number of para-hydroxylation sites is 1. The molecule has 0 aliphatic rings. The minimum atomic E-state index is -4.19. The lowest BCUT2D eigenvalue weighted by molar-refractivity contribution is -0.138. The van der Waals surface area contributed by atoms with E-state index >= 15 is 0 Å². The molecule has 2 aromatic carbocycles. The third-order valence-corrected chi connectivity index (χ3v) is 5.58. The summed E-state index contributed by atoms with van der Waals surface area (Å²) in [5.74, 6) is -1.00. The first-order valence-corrected chi connectivity index (χ1v) is 9.79. The number of sulfonamides is 1. The molecule has 0 aliphatic heterocycles. The van der Waals surface area contributed by atoms with Gasteiger partial charge in [0.15, 0.2) is 0 Å². The van der Waals surface area contributed by atoms with Gasteiger partial charge in [0.1, 0.15) is 12.3 Å². The Morgan fingerprint density at radius 2 is 1.61 bits per heavy atom. The molecule has 2 rings (SSSR count). The molecule has 0 saturated heterocycles. The van der Waals surface area contributed by atoms with E-state index in [9.17, 15) is 18.0 Å². The van der Waals surface area contributed by atoms with E-state index in [1.807, 2.05) is 6.92 Å². The van der Waals surface area contributed by atoms with Crippen LogP contribution in [0.3, 0.4) is 0 Å². The zero-order chi connectivity index (χ0) is 20.7. The number of methoxy groups -OCH3 is 2. The summed E-state index contributed by atoms with van der Waals surface area (Å²) < 4.78 is 42.0. The number of carbonyl (C=O) groups is 2. The van der Waals surface area contributed by atoms with Crippen molar-refractivity contribution < 1.29 is 32.2 Å². The van der Waals surface area contributed by atoms with Crippen LogP contribution in [0.1, 0.15) is 17.3 Å². The molecule has 0 saturated carbocycles. The fraction of sp³-hybridized carbons (Fsp3) is 0.263. The van der Waals surface area contributed by atoms with E-state index in [1.165, 1.54) is 43.5 Å². The SMILES string of the molecule is CCOc1ccc(S(=O)(=O)N(CC(=O)OC)c2ccccc2C(=O)OC)cc1. The number of esters is 2. The van der Waals surface area contributed by atoms with Crippen molar-refractivity contribution >= 4 is 27.6 Å². The minimum absolute atomic E-state index is 0.00316. The summed E-state index contributed by atoms with van der Waals surface area (Å²) in [6, 6.07) is 11.7. The molecule has 0 fully saturated rings. The molecular weight excluding hydrogens is 386 g/mol. The number of nitrogens with zero attached hydrogens (tertiary/aromatic N) is 1. The van der Waals surface area contributed by atoms with Crippen molar-refractivity contribution in [2.75, 3.05) is 31.7 Å². The molecular formula is C19H21NO7S. The van der Waals surface area contributed by atoms with Crippen molar-refractivity contribution in [3.8, 4) is 5.75 Å². The molecule has 0 atom stereocenters. The Balaban J connectivity index is 2.57. The van der Waals surface area contributed by atoms with Crippen LogP contribution in [0.5, 0.6) is 5.75 Å². The summed E-state index contributed by atoms with van der Waals surface area (Å²) in [4.78, 5) is 23.9. The molecule has 2 aromatic rings. The summed E-state index contributed by atoms with van der Waals surface area (Å²) in [7, 11) is -1.85. The molecule has 0 aliphatic carbocycles. The van der Waals surface area contributed by atoms with E-state index in [4.69, 9.17) is 9.47 Å². The summed E-state index contributed by atoms with van der Waals surface area (Å²) in [6.07, 6.45) is 0. The maximum absolute atomic E-state index is 13.2. The van der Waals surface area contributed by atoms with Gasteiger partial charge in [0, 0.05) is 0 Å². The standard InChI is InChI=1S/C19H21NO7S/c1-4-27-14-9-11-15(12-10-14)28(23,24)20(13-18(21)25-2)17-8-6-5-7-16(17)19(22)26-3/h5-12H,4,13H2,1-3H3. The highest BCUT2D eigenvalue weighted by Crippen LogP contribution is 2.28. The molecule has 0 spiro atoms. The van der Waals surface area contributed by atoms with Gasteiger partial charge < -0.3 is 14.2 Å². The van der Waals surface area contributed by atoms with Crippen molar-refractivity contribution in [1.82, 2.24) is 0 Å². The molecule has 0 unspecified atom stereocenters.